The van der Waals surface area contributed by atoms with Crippen molar-refractivity contribution in [1.82, 2.24) is 0 Å². The van der Waals surface area contributed by atoms with Crippen molar-refractivity contribution in [2.45, 2.75) is 51.7 Å². The zero-order valence-corrected chi connectivity index (χ0v) is 16.2. The molecule has 3 aromatic rings. The number of fused-ring (bicyclic) bond motifs is 2. The lowest BCUT2D eigenvalue weighted by molar-refractivity contribution is -0.0543. The van der Waals surface area contributed by atoms with Crippen LogP contribution in [0.5, 0.6) is 0 Å². The van der Waals surface area contributed by atoms with E-state index in [2.05, 4.69) is 61.5 Å². The third kappa shape index (κ3) is 2.34. The molecule has 0 aliphatic heterocycles. The molecule has 0 aromatic heterocycles. The Morgan fingerprint density at radius 1 is 0.889 bits per heavy atom. The van der Waals surface area contributed by atoms with E-state index in [4.69, 9.17) is 4.74 Å². The maximum Gasteiger partial charge on any atom is 0.0732 e. The highest BCUT2D eigenvalue weighted by atomic mass is 16.5. The lowest BCUT2D eigenvalue weighted by Gasteiger charge is -2.38. The molecule has 0 saturated heterocycles. The van der Waals surface area contributed by atoms with Crippen molar-refractivity contribution in [3.63, 3.8) is 0 Å². The molecule has 0 amide bonds. The second kappa shape index (κ2) is 5.82. The molecule has 138 valence electrons. The monoisotopic (exact) mass is 356 g/mol. The number of rotatable bonds is 4. The maximum atomic E-state index is 6.70. The van der Waals surface area contributed by atoms with Crippen LogP contribution in [0.1, 0.15) is 44.6 Å². The lowest BCUT2D eigenvalue weighted by Crippen LogP contribution is -2.36. The Balaban J connectivity index is 1.35. The maximum absolute atomic E-state index is 6.70. The second-order valence-corrected chi connectivity index (χ2v) is 9.53. The van der Waals surface area contributed by atoms with E-state index in [0.29, 0.717) is 11.5 Å². The average molecular weight is 357 g/mol. The molecular weight excluding hydrogens is 328 g/mol. The molecule has 3 unspecified atom stereocenters. The topological polar surface area (TPSA) is 9.23 Å². The third-order valence-corrected chi connectivity index (χ3v) is 8.22. The van der Waals surface area contributed by atoms with Gasteiger partial charge in [-0.3, -0.25) is 0 Å². The summed E-state index contributed by atoms with van der Waals surface area (Å²) in [6, 6.07) is 19.9. The van der Waals surface area contributed by atoms with Gasteiger partial charge < -0.3 is 4.74 Å². The molecule has 1 nitrogen and oxygen atoms in total. The Labute approximate surface area is 161 Å². The van der Waals surface area contributed by atoms with Crippen molar-refractivity contribution in [3.8, 4) is 0 Å². The van der Waals surface area contributed by atoms with Crippen LogP contribution in [0.2, 0.25) is 0 Å². The molecule has 7 rings (SSSR count). The Morgan fingerprint density at radius 3 is 2.11 bits per heavy atom. The summed E-state index contributed by atoms with van der Waals surface area (Å²) in [5, 5.41) is 5.33. The van der Waals surface area contributed by atoms with Gasteiger partial charge in [0, 0.05) is 0 Å². The van der Waals surface area contributed by atoms with Crippen LogP contribution in [0.3, 0.4) is 0 Å². The van der Waals surface area contributed by atoms with Gasteiger partial charge >= 0.3 is 0 Å². The highest BCUT2D eigenvalue weighted by Crippen LogP contribution is 2.67. The van der Waals surface area contributed by atoms with E-state index in [9.17, 15) is 0 Å². The van der Waals surface area contributed by atoms with Gasteiger partial charge in [-0.05, 0) is 95.4 Å². The Bertz CT molecular complexity index is 951. The van der Waals surface area contributed by atoms with Crippen LogP contribution in [-0.4, -0.2) is 6.10 Å². The summed E-state index contributed by atoms with van der Waals surface area (Å²) >= 11 is 0. The minimum absolute atomic E-state index is 0.371. The van der Waals surface area contributed by atoms with Gasteiger partial charge in [-0.1, -0.05) is 48.5 Å². The number of hydrogen-bond donors (Lipinski definition) is 0. The molecule has 4 aliphatic carbocycles. The van der Waals surface area contributed by atoms with Gasteiger partial charge in [-0.25, -0.2) is 0 Å². The predicted molar refractivity (Wildman–Crippen MR) is 112 cm³/mol. The first-order chi connectivity index (χ1) is 13.2. The molecule has 0 radical (unpaired) electrons. The normalized spacial score (nSPS) is 32.6. The van der Waals surface area contributed by atoms with E-state index >= 15 is 0 Å². The summed E-state index contributed by atoms with van der Waals surface area (Å²) in [5.41, 5.74) is 1.85. The van der Waals surface area contributed by atoms with E-state index in [-0.39, 0.29) is 0 Å². The summed E-state index contributed by atoms with van der Waals surface area (Å²) < 4.78 is 6.70. The molecule has 0 N–H and O–H groups in total. The van der Waals surface area contributed by atoms with Crippen LogP contribution < -0.4 is 0 Å². The van der Waals surface area contributed by atoms with Crippen molar-refractivity contribution in [1.29, 1.82) is 0 Å². The number of hydrogen-bond acceptors (Lipinski definition) is 1. The molecular formula is C26H28O. The fourth-order valence-corrected chi connectivity index (χ4v) is 7.16. The van der Waals surface area contributed by atoms with Crippen molar-refractivity contribution in [2.75, 3.05) is 0 Å². The smallest absolute Gasteiger partial charge is 0.0732 e. The first-order valence-corrected chi connectivity index (χ1v) is 10.7. The number of benzene rings is 3. The lowest BCUT2D eigenvalue weighted by atomic mass is 9.72. The van der Waals surface area contributed by atoms with E-state index in [1.165, 1.54) is 59.2 Å². The molecule has 3 atom stereocenters. The summed E-state index contributed by atoms with van der Waals surface area (Å²) in [5.74, 6) is 2.92. The van der Waals surface area contributed by atoms with Gasteiger partial charge in [-0.15, -0.1) is 0 Å². The van der Waals surface area contributed by atoms with Crippen molar-refractivity contribution >= 4 is 21.5 Å². The van der Waals surface area contributed by atoms with E-state index < -0.39 is 0 Å². The predicted octanol–water partition coefficient (Wildman–Crippen LogP) is 6.72. The first kappa shape index (κ1) is 16.1. The molecule has 0 spiro atoms. The minimum Gasteiger partial charge on any atom is -0.373 e. The summed E-state index contributed by atoms with van der Waals surface area (Å²) in [4.78, 5) is 0. The fraction of sp³-hybridized carbons (Fsp3) is 0.462. The van der Waals surface area contributed by atoms with Gasteiger partial charge in [0.2, 0.25) is 0 Å². The zero-order chi connectivity index (χ0) is 18.0. The van der Waals surface area contributed by atoms with E-state index in [1.54, 1.807) is 0 Å². The van der Waals surface area contributed by atoms with Gasteiger partial charge in [0.15, 0.2) is 0 Å². The number of ether oxygens (including phenoxy) is 1. The van der Waals surface area contributed by atoms with E-state index in [1.807, 2.05) is 0 Å². The molecule has 27 heavy (non-hydrogen) atoms. The van der Waals surface area contributed by atoms with Crippen molar-refractivity contribution < 1.29 is 4.74 Å². The highest BCUT2D eigenvalue weighted by molar-refractivity contribution is 6.02. The van der Waals surface area contributed by atoms with Crippen molar-refractivity contribution in [2.24, 2.45) is 23.2 Å². The zero-order valence-electron chi connectivity index (χ0n) is 16.2. The van der Waals surface area contributed by atoms with Crippen molar-refractivity contribution in [3.05, 3.63) is 60.2 Å². The molecule has 4 saturated carbocycles. The molecule has 4 fully saturated rings. The average Bonchev–Trinajstić information content (AvgIpc) is 3.09. The van der Waals surface area contributed by atoms with Gasteiger partial charge in [0.05, 0.1) is 12.7 Å². The highest BCUT2D eigenvalue weighted by Gasteiger charge is 2.60. The molecule has 1 heteroatoms. The Kier molecular flexibility index (Phi) is 3.47. The summed E-state index contributed by atoms with van der Waals surface area (Å²) in [6.07, 6.45) is 7.66. The Hall–Kier alpha value is -1.86. The summed E-state index contributed by atoms with van der Waals surface area (Å²) in [6.45, 7) is 3.10. The third-order valence-electron chi connectivity index (χ3n) is 8.22. The van der Waals surface area contributed by atoms with Crippen LogP contribution in [0.15, 0.2) is 54.6 Å². The molecule has 4 bridgehead atoms. The van der Waals surface area contributed by atoms with Gasteiger partial charge in [-0.2, -0.15) is 0 Å². The van der Waals surface area contributed by atoms with Crippen LogP contribution in [0.25, 0.3) is 21.5 Å². The molecule has 4 aliphatic rings. The van der Waals surface area contributed by atoms with Crippen LogP contribution >= 0.6 is 0 Å². The largest absolute Gasteiger partial charge is 0.373 e. The van der Waals surface area contributed by atoms with E-state index in [0.717, 1.165) is 24.4 Å². The quantitative estimate of drug-likeness (QED) is 0.471. The Morgan fingerprint density at radius 2 is 1.48 bits per heavy atom. The minimum atomic E-state index is 0.371. The first-order valence-electron chi connectivity index (χ1n) is 10.7. The van der Waals surface area contributed by atoms with Crippen LogP contribution in [-0.2, 0) is 11.3 Å². The standard InChI is InChI=1S/C26H28O/c1-17(26-14-18-10-19(15-26)12-22(26)11-18)27-16-25-23-8-4-2-6-20(23)13-21-7-3-5-9-24(21)25/h2-9,13,17-19,22H,10-12,14-16H2,1H3. The van der Waals surface area contributed by atoms with Gasteiger partial charge in [0.25, 0.3) is 0 Å². The molecule has 3 aromatic carbocycles. The second-order valence-electron chi connectivity index (χ2n) is 9.53. The van der Waals surface area contributed by atoms with Crippen LogP contribution in [0, 0.1) is 23.2 Å². The fourth-order valence-electron chi connectivity index (χ4n) is 7.16. The van der Waals surface area contributed by atoms with Crippen LogP contribution in [0.4, 0.5) is 0 Å². The molecule has 0 heterocycles. The summed E-state index contributed by atoms with van der Waals surface area (Å²) in [7, 11) is 0. The SMILES string of the molecule is CC(OCc1c2ccccc2cc2ccccc12)C12CC3CC(CC1C3)C2. The van der Waals surface area contributed by atoms with Gasteiger partial charge in [0.1, 0.15) is 0 Å².